The smallest absolute Gasteiger partial charge is 0.310 e. The molecule has 180 valence electrons. The standard InChI is InChI=1S/C24H17F3N8O/c1-3-13-9-30-20(31-10-13)15-5-6-16(15)21-32-22-19(23(36)33-21)17(8-28)34-35(22)12(2)14-4-7-18(29-11-14)24(25,26)27/h1,4,7,9-12,15-16H,5-6H2,2H3,(H,32,33,36). The molecule has 1 aliphatic rings. The maximum Gasteiger partial charge on any atom is 0.433 e. The van der Waals surface area contributed by atoms with Gasteiger partial charge in [0.2, 0.25) is 0 Å². The van der Waals surface area contributed by atoms with Crippen LogP contribution in [0.2, 0.25) is 0 Å². The second-order valence-corrected chi connectivity index (χ2v) is 8.47. The predicted molar refractivity (Wildman–Crippen MR) is 121 cm³/mol. The number of aromatic nitrogens is 7. The molecule has 0 amide bonds. The molecule has 3 atom stereocenters. The molecular formula is C24H17F3N8O. The van der Waals surface area contributed by atoms with Crippen molar-refractivity contribution in [1.29, 1.82) is 5.26 Å². The van der Waals surface area contributed by atoms with Crippen LogP contribution in [-0.2, 0) is 6.18 Å². The summed E-state index contributed by atoms with van der Waals surface area (Å²) in [6.07, 6.45) is 6.54. The van der Waals surface area contributed by atoms with E-state index >= 15 is 0 Å². The van der Waals surface area contributed by atoms with Gasteiger partial charge < -0.3 is 4.98 Å². The molecule has 3 unspecified atom stereocenters. The number of hydrogen-bond donors (Lipinski definition) is 1. The number of terminal acetylenes is 1. The first kappa shape index (κ1) is 23.2. The fraction of sp³-hybridized carbons (Fsp3) is 0.292. The summed E-state index contributed by atoms with van der Waals surface area (Å²) in [5.41, 5.74) is -0.551. The largest absolute Gasteiger partial charge is 0.433 e. The number of nitrogens with one attached hydrogen (secondary N) is 1. The molecule has 5 rings (SSSR count). The first-order chi connectivity index (χ1) is 17.2. The lowest BCUT2D eigenvalue weighted by Crippen LogP contribution is -2.28. The Morgan fingerprint density at radius 1 is 1.17 bits per heavy atom. The molecule has 1 N–H and O–H groups in total. The number of aromatic amines is 1. The van der Waals surface area contributed by atoms with Crippen molar-refractivity contribution in [1.82, 2.24) is 34.7 Å². The summed E-state index contributed by atoms with van der Waals surface area (Å²) in [4.78, 5) is 32.6. The van der Waals surface area contributed by atoms with Crippen LogP contribution in [0, 0.1) is 23.7 Å². The molecule has 9 nitrogen and oxygen atoms in total. The van der Waals surface area contributed by atoms with Crippen molar-refractivity contribution >= 4 is 11.0 Å². The Labute approximate surface area is 202 Å². The molecule has 0 aromatic carbocycles. The van der Waals surface area contributed by atoms with Gasteiger partial charge in [0.1, 0.15) is 28.8 Å². The minimum atomic E-state index is -4.57. The van der Waals surface area contributed by atoms with Gasteiger partial charge in [-0.3, -0.25) is 9.78 Å². The van der Waals surface area contributed by atoms with E-state index in [1.54, 1.807) is 19.3 Å². The summed E-state index contributed by atoms with van der Waals surface area (Å²) in [6, 6.07) is 3.41. The van der Waals surface area contributed by atoms with Crippen LogP contribution in [0.1, 0.15) is 71.8 Å². The Morgan fingerprint density at radius 3 is 2.44 bits per heavy atom. The molecule has 4 aromatic rings. The van der Waals surface area contributed by atoms with E-state index in [0.717, 1.165) is 25.1 Å². The highest BCUT2D eigenvalue weighted by atomic mass is 19.4. The zero-order valence-electron chi connectivity index (χ0n) is 18.8. The van der Waals surface area contributed by atoms with Crippen LogP contribution in [0.15, 0.2) is 35.5 Å². The Kier molecular flexibility index (Phi) is 5.52. The highest BCUT2D eigenvalue weighted by molar-refractivity contribution is 5.80. The minimum absolute atomic E-state index is 0.0125. The Hall–Kier alpha value is -4.58. The molecule has 4 aromatic heterocycles. The van der Waals surface area contributed by atoms with Crippen LogP contribution in [0.3, 0.4) is 0 Å². The maximum atomic E-state index is 13.0. The Morgan fingerprint density at radius 2 is 1.89 bits per heavy atom. The van der Waals surface area contributed by atoms with Gasteiger partial charge in [-0.15, -0.1) is 6.42 Å². The lowest BCUT2D eigenvalue weighted by molar-refractivity contribution is -0.141. The summed E-state index contributed by atoms with van der Waals surface area (Å²) in [6.45, 7) is 1.67. The quantitative estimate of drug-likeness (QED) is 0.434. The Bertz CT molecular complexity index is 1590. The molecule has 0 aliphatic heterocycles. The van der Waals surface area contributed by atoms with Gasteiger partial charge in [0.05, 0.1) is 11.6 Å². The predicted octanol–water partition coefficient (Wildman–Crippen LogP) is 3.45. The summed E-state index contributed by atoms with van der Waals surface area (Å²) in [5, 5.41) is 13.8. The van der Waals surface area contributed by atoms with Crippen molar-refractivity contribution in [2.45, 2.75) is 43.8 Å². The normalized spacial score (nSPS) is 18.3. The van der Waals surface area contributed by atoms with Crippen molar-refractivity contribution in [3.8, 4) is 18.4 Å². The van der Waals surface area contributed by atoms with E-state index in [2.05, 4.69) is 35.9 Å². The number of nitriles is 1. The van der Waals surface area contributed by atoms with Crippen molar-refractivity contribution in [3.05, 3.63) is 75.2 Å². The average Bonchev–Trinajstić information content (AvgIpc) is 3.22. The van der Waals surface area contributed by atoms with E-state index in [1.165, 1.54) is 10.7 Å². The van der Waals surface area contributed by atoms with Gasteiger partial charge in [-0.1, -0.05) is 12.0 Å². The lowest BCUT2D eigenvalue weighted by atomic mass is 9.72. The van der Waals surface area contributed by atoms with Crippen molar-refractivity contribution in [3.63, 3.8) is 0 Å². The van der Waals surface area contributed by atoms with E-state index in [4.69, 9.17) is 6.42 Å². The monoisotopic (exact) mass is 490 g/mol. The highest BCUT2D eigenvalue weighted by Crippen LogP contribution is 2.46. The number of rotatable bonds is 4. The number of alkyl halides is 3. The number of hydrogen-bond acceptors (Lipinski definition) is 7. The molecular weight excluding hydrogens is 473 g/mol. The summed E-state index contributed by atoms with van der Waals surface area (Å²) in [7, 11) is 0. The van der Waals surface area contributed by atoms with Gasteiger partial charge in [0.25, 0.3) is 5.56 Å². The number of halogens is 3. The molecule has 4 heterocycles. The van der Waals surface area contributed by atoms with Crippen LogP contribution >= 0.6 is 0 Å². The summed E-state index contributed by atoms with van der Waals surface area (Å²) in [5.74, 6) is 3.20. The zero-order chi connectivity index (χ0) is 25.6. The van der Waals surface area contributed by atoms with Gasteiger partial charge in [-0.25, -0.2) is 19.6 Å². The molecule has 0 spiro atoms. The van der Waals surface area contributed by atoms with Crippen molar-refractivity contribution < 1.29 is 13.2 Å². The third kappa shape index (κ3) is 3.86. The van der Waals surface area contributed by atoms with E-state index in [0.29, 0.717) is 22.8 Å². The number of nitrogens with zero attached hydrogens (tertiary/aromatic N) is 7. The highest BCUT2D eigenvalue weighted by Gasteiger charge is 2.38. The molecule has 0 bridgehead atoms. The molecule has 0 saturated heterocycles. The molecule has 1 saturated carbocycles. The number of H-pyrrole nitrogens is 1. The van der Waals surface area contributed by atoms with Gasteiger partial charge in [0.15, 0.2) is 11.3 Å². The third-order valence-electron chi connectivity index (χ3n) is 6.41. The molecule has 0 radical (unpaired) electrons. The van der Waals surface area contributed by atoms with Crippen molar-refractivity contribution in [2.75, 3.05) is 0 Å². The van der Waals surface area contributed by atoms with E-state index in [9.17, 15) is 23.2 Å². The van der Waals surface area contributed by atoms with Crippen LogP contribution in [-0.4, -0.2) is 34.7 Å². The van der Waals surface area contributed by atoms with Crippen LogP contribution in [0.5, 0.6) is 0 Å². The van der Waals surface area contributed by atoms with Crippen LogP contribution in [0.4, 0.5) is 13.2 Å². The van der Waals surface area contributed by atoms with Gasteiger partial charge in [0, 0.05) is 30.4 Å². The topological polar surface area (TPSA) is 126 Å². The second kappa shape index (κ2) is 8.57. The second-order valence-electron chi connectivity index (χ2n) is 8.47. The number of fused-ring (bicyclic) bond motifs is 1. The van der Waals surface area contributed by atoms with Crippen LogP contribution < -0.4 is 5.56 Å². The van der Waals surface area contributed by atoms with E-state index in [-0.39, 0.29) is 28.6 Å². The van der Waals surface area contributed by atoms with E-state index < -0.39 is 23.5 Å². The SMILES string of the molecule is C#Cc1cnc(C2CCC2c2nc3c(c(C#N)nn3C(C)c3ccc(C(F)(F)F)nc3)c(=O)[nH]2)nc1. The average molecular weight is 490 g/mol. The molecule has 1 aliphatic carbocycles. The maximum absolute atomic E-state index is 13.0. The van der Waals surface area contributed by atoms with Gasteiger partial charge in [-0.05, 0) is 31.4 Å². The first-order valence-electron chi connectivity index (χ1n) is 11.0. The minimum Gasteiger partial charge on any atom is -0.310 e. The van der Waals surface area contributed by atoms with Gasteiger partial charge >= 0.3 is 6.18 Å². The Balaban J connectivity index is 1.55. The van der Waals surface area contributed by atoms with Gasteiger partial charge in [-0.2, -0.15) is 23.5 Å². The van der Waals surface area contributed by atoms with E-state index in [1.807, 2.05) is 6.07 Å². The molecule has 12 heteroatoms. The fourth-order valence-electron chi connectivity index (χ4n) is 4.29. The summed E-state index contributed by atoms with van der Waals surface area (Å²) >= 11 is 0. The fourth-order valence-corrected chi connectivity index (χ4v) is 4.29. The number of pyridine rings is 1. The summed E-state index contributed by atoms with van der Waals surface area (Å²) < 4.78 is 40.1. The zero-order valence-corrected chi connectivity index (χ0v) is 18.8. The molecule has 1 fully saturated rings. The van der Waals surface area contributed by atoms with Crippen LogP contribution in [0.25, 0.3) is 11.0 Å². The van der Waals surface area contributed by atoms with Crippen molar-refractivity contribution in [2.24, 2.45) is 0 Å². The lowest BCUT2D eigenvalue weighted by Gasteiger charge is -2.34. The molecule has 36 heavy (non-hydrogen) atoms. The third-order valence-corrected chi connectivity index (χ3v) is 6.41. The first-order valence-corrected chi connectivity index (χ1v) is 11.0.